The summed E-state index contributed by atoms with van der Waals surface area (Å²) in [5.74, 6) is -4.16. The third-order valence-electron chi connectivity index (χ3n) is 3.80. The van der Waals surface area contributed by atoms with Crippen LogP contribution in [0.5, 0.6) is 0 Å². The summed E-state index contributed by atoms with van der Waals surface area (Å²) in [5.41, 5.74) is -0.790. The summed E-state index contributed by atoms with van der Waals surface area (Å²) in [4.78, 5) is 29.5. The third kappa shape index (κ3) is 4.36. The van der Waals surface area contributed by atoms with Crippen LogP contribution in [0.1, 0.15) is 19.4 Å². The maximum absolute atomic E-state index is 14.5. The molecule has 0 fully saturated rings. The highest BCUT2D eigenvalue weighted by Gasteiger charge is 2.40. The van der Waals surface area contributed by atoms with Gasteiger partial charge in [0.25, 0.3) is 5.92 Å². The van der Waals surface area contributed by atoms with Crippen molar-refractivity contribution in [2.45, 2.75) is 25.9 Å². The number of carbonyl (C=O) groups excluding carboxylic acids is 2. The SMILES string of the molecule is C=C1C=C(C(C)(F)F)N(C)C(=O)N1c1cc(/C=N/OC(C)C=O)c(Cl)cc1F. The van der Waals surface area contributed by atoms with Gasteiger partial charge in [0.2, 0.25) is 0 Å². The normalized spacial score (nSPS) is 16.5. The fourth-order valence-electron chi connectivity index (χ4n) is 2.41. The van der Waals surface area contributed by atoms with E-state index in [0.29, 0.717) is 18.1 Å². The first-order valence-electron chi connectivity index (χ1n) is 7.97. The first-order valence-corrected chi connectivity index (χ1v) is 8.35. The van der Waals surface area contributed by atoms with Crippen LogP contribution in [0.25, 0.3) is 0 Å². The van der Waals surface area contributed by atoms with Gasteiger partial charge in [-0.3, -0.25) is 14.6 Å². The van der Waals surface area contributed by atoms with Gasteiger partial charge in [-0.2, -0.15) is 0 Å². The molecule has 1 aliphatic rings. The van der Waals surface area contributed by atoms with E-state index in [9.17, 15) is 22.8 Å². The molecule has 0 bridgehead atoms. The van der Waals surface area contributed by atoms with Gasteiger partial charge in [-0.05, 0) is 25.1 Å². The Morgan fingerprint density at radius 1 is 1.39 bits per heavy atom. The second kappa shape index (κ2) is 8.05. The summed E-state index contributed by atoms with van der Waals surface area (Å²) in [6.07, 6.45) is 1.85. The predicted octanol–water partition coefficient (Wildman–Crippen LogP) is 4.34. The second-order valence-corrected chi connectivity index (χ2v) is 6.50. The number of urea groups is 1. The molecule has 150 valence electrons. The first kappa shape index (κ1) is 21.5. The fourth-order valence-corrected chi connectivity index (χ4v) is 2.61. The van der Waals surface area contributed by atoms with Crippen LogP contribution >= 0.6 is 11.6 Å². The molecule has 0 N–H and O–H groups in total. The number of halogens is 4. The van der Waals surface area contributed by atoms with Crippen molar-refractivity contribution < 1.29 is 27.6 Å². The van der Waals surface area contributed by atoms with Gasteiger partial charge in [0.15, 0.2) is 12.4 Å². The lowest BCUT2D eigenvalue weighted by atomic mass is 10.1. The molecule has 28 heavy (non-hydrogen) atoms. The molecule has 1 atom stereocenters. The quantitative estimate of drug-likeness (QED) is 0.394. The third-order valence-corrected chi connectivity index (χ3v) is 4.12. The number of amides is 2. The first-order chi connectivity index (χ1) is 13.0. The number of nitrogens with zero attached hydrogens (tertiary/aromatic N) is 3. The fraction of sp³-hybridized carbons (Fsp3) is 0.278. The lowest BCUT2D eigenvalue weighted by molar-refractivity contribution is -0.116. The Labute approximate surface area is 164 Å². The van der Waals surface area contributed by atoms with Crippen molar-refractivity contribution in [2.75, 3.05) is 11.9 Å². The highest BCUT2D eigenvalue weighted by molar-refractivity contribution is 6.33. The average Bonchev–Trinajstić information content (AvgIpc) is 2.60. The molecular formula is C18H17ClF3N3O3. The minimum atomic E-state index is -3.29. The van der Waals surface area contributed by atoms with Crippen molar-refractivity contribution >= 4 is 35.8 Å². The number of rotatable bonds is 6. The zero-order valence-corrected chi connectivity index (χ0v) is 16.0. The molecule has 1 aliphatic heterocycles. The van der Waals surface area contributed by atoms with E-state index in [1.807, 2.05) is 0 Å². The highest BCUT2D eigenvalue weighted by atomic mass is 35.5. The molecule has 1 heterocycles. The molecule has 0 aliphatic carbocycles. The van der Waals surface area contributed by atoms with Crippen molar-refractivity contribution in [3.63, 3.8) is 0 Å². The molecule has 10 heteroatoms. The molecule has 0 spiro atoms. The molecule has 0 radical (unpaired) electrons. The largest absolute Gasteiger partial charge is 0.385 e. The summed E-state index contributed by atoms with van der Waals surface area (Å²) >= 11 is 5.97. The predicted molar refractivity (Wildman–Crippen MR) is 99.1 cm³/mol. The molecule has 0 saturated carbocycles. The lowest BCUT2D eigenvalue weighted by Crippen LogP contribution is -2.47. The maximum atomic E-state index is 14.5. The smallest absolute Gasteiger partial charge is 0.333 e. The minimum absolute atomic E-state index is 0.0351. The van der Waals surface area contributed by atoms with Gasteiger partial charge in [0, 0.05) is 25.2 Å². The Bertz CT molecular complexity index is 881. The maximum Gasteiger partial charge on any atom is 0.333 e. The molecule has 0 saturated heterocycles. The highest BCUT2D eigenvalue weighted by Crippen LogP contribution is 2.36. The zero-order valence-electron chi connectivity index (χ0n) is 15.2. The van der Waals surface area contributed by atoms with E-state index in [0.717, 1.165) is 30.3 Å². The van der Waals surface area contributed by atoms with Crippen LogP contribution in [0.2, 0.25) is 5.02 Å². The van der Waals surface area contributed by atoms with Gasteiger partial charge in [-0.25, -0.2) is 18.0 Å². The second-order valence-electron chi connectivity index (χ2n) is 6.09. The number of aldehydes is 1. The van der Waals surface area contributed by atoms with Crippen LogP contribution in [0.4, 0.5) is 23.7 Å². The molecule has 0 aromatic heterocycles. The molecule has 1 aromatic carbocycles. The number of hydrogen-bond acceptors (Lipinski definition) is 4. The van der Waals surface area contributed by atoms with E-state index in [1.165, 1.54) is 13.0 Å². The molecule has 1 unspecified atom stereocenters. The Morgan fingerprint density at radius 3 is 2.61 bits per heavy atom. The summed E-state index contributed by atoms with van der Waals surface area (Å²) in [5, 5.41) is 3.54. The topological polar surface area (TPSA) is 62.2 Å². The van der Waals surface area contributed by atoms with Crippen LogP contribution in [0, 0.1) is 5.82 Å². The van der Waals surface area contributed by atoms with Crippen LogP contribution in [0.3, 0.4) is 0 Å². The van der Waals surface area contributed by atoms with E-state index in [-0.39, 0.29) is 22.0 Å². The van der Waals surface area contributed by atoms with Crippen LogP contribution in [-0.4, -0.2) is 42.5 Å². The summed E-state index contributed by atoms with van der Waals surface area (Å²) in [6.45, 7) is 5.68. The van der Waals surface area contributed by atoms with Crippen LogP contribution in [0.15, 0.2) is 41.3 Å². The van der Waals surface area contributed by atoms with Crippen molar-refractivity contribution in [1.82, 2.24) is 4.90 Å². The molecule has 2 amide bonds. The van der Waals surface area contributed by atoms with Gasteiger partial charge < -0.3 is 4.84 Å². The summed E-state index contributed by atoms with van der Waals surface area (Å²) in [6, 6.07) is 1.21. The Kier molecular flexibility index (Phi) is 6.18. The van der Waals surface area contributed by atoms with Crippen molar-refractivity contribution in [1.29, 1.82) is 0 Å². The Balaban J connectivity index is 2.46. The van der Waals surface area contributed by atoms with Crippen molar-refractivity contribution in [2.24, 2.45) is 5.16 Å². The number of hydrogen-bond donors (Lipinski definition) is 0. The standard InChI is InChI=1S/C18H17ClF3N3O3/c1-10-5-16(18(3,21)22)24(4)17(27)25(10)15-6-12(13(19)7-14(15)20)8-23-28-11(2)9-26/h5-9,11H,1H2,2-4H3/b23-8+. The van der Waals surface area contributed by atoms with E-state index in [1.54, 1.807) is 0 Å². The molecule has 1 aromatic rings. The average molecular weight is 416 g/mol. The zero-order chi connectivity index (χ0) is 21.2. The van der Waals surface area contributed by atoms with Crippen molar-refractivity contribution in [3.8, 4) is 0 Å². The van der Waals surface area contributed by atoms with E-state index < -0.39 is 29.6 Å². The van der Waals surface area contributed by atoms with Crippen molar-refractivity contribution in [3.05, 3.63) is 52.6 Å². The van der Waals surface area contributed by atoms with Crippen LogP contribution < -0.4 is 4.90 Å². The van der Waals surface area contributed by atoms with Crippen LogP contribution in [-0.2, 0) is 9.63 Å². The number of oxime groups is 1. The van der Waals surface area contributed by atoms with Gasteiger partial charge in [-0.1, -0.05) is 23.3 Å². The number of alkyl halides is 2. The molecular weight excluding hydrogens is 399 g/mol. The van der Waals surface area contributed by atoms with E-state index in [4.69, 9.17) is 16.4 Å². The summed E-state index contributed by atoms with van der Waals surface area (Å²) in [7, 11) is 1.15. The Morgan fingerprint density at radius 2 is 2.04 bits per heavy atom. The number of anilines is 1. The van der Waals surface area contributed by atoms with E-state index in [2.05, 4.69) is 11.7 Å². The summed E-state index contributed by atoms with van der Waals surface area (Å²) < 4.78 is 41.9. The monoisotopic (exact) mass is 415 g/mol. The van der Waals surface area contributed by atoms with Gasteiger partial charge in [0.1, 0.15) is 5.82 Å². The number of carbonyl (C=O) groups is 2. The van der Waals surface area contributed by atoms with Gasteiger partial charge in [-0.15, -0.1) is 0 Å². The Hall–Kier alpha value is -2.81. The molecule has 6 nitrogen and oxygen atoms in total. The van der Waals surface area contributed by atoms with Gasteiger partial charge in [0.05, 0.1) is 22.6 Å². The number of allylic oxidation sites excluding steroid dienone is 2. The lowest BCUT2D eigenvalue weighted by Gasteiger charge is -2.36. The number of benzene rings is 1. The molecule has 2 rings (SSSR count). The van der Waals surface area contributed by atoms with E-state index >= 15 is 0 Å². The minimum Gasteiger partial charge on any atom is -0.385 e. The van der Waals surface area contributed by atoms with Gasteiger partial charge >= 0.3 is 6.03 Å².